The fourth-order valence-corrected chi connectivity index (χ4v) is 12.1. The van der Waals surface area contributed by atoms with Gasteiger partial charge >= 0.3 is 39.5 Å². The summed E-state index contributed by atoms with van der Waals surface area (Å²) < 4.78 is 68.5. The molecule has 0 saturated carbocycles. The van der Waals surface area contributed by atoms with Crippen molar-refractivity contribution in [2.24, 2.45) is 0 Å². The number of rotatable bonds is 75. The van der Waals surface area contributed by atoms with E-state index < -0.39 is 97.5 Å². The van der Waals surface area contributed by atoms with Crippen molar-refractivity contribution < 1.29 is 80.2 Å². The fraction of sp³-hybridized carbons (Fsp3) is 0.735. The van der Waals surface area contributed by atoms with Crippen LogP contribution in [0.25, 0.3) is 0 Å². The van der Waals surface area contributed by atoms with E-state index in [2.05, 4.69) is 113 Å². The quantitative estimate of drug-likeness (QED) is 0.0169. The molecular weight excluding hydrogens is 1330 g/mol. The molecule has 0 fully saturated rings. The average molecular weight is 1480 g/mol. The van der Waals surface area contributed by atoms with Crippen LogP contribution in [-0.4, -0.2) is 96.7 Å². The fourth-order valence-electron chi connectivity index (χ4n) is 10.6. The van der Waals surface area contributed by atoms with Crippen LogP contribution in [-0.2, 0) is 65.4 Å². The summed E-state index contributed by atoms with van der Waals surface area (Å²) in [4.78, 5) is 72.9. The maximum atomic E-state index is 13.1. The number of phosphoric acid groups is 2. The van der Waals surface area contributed by atoms with Crippen molar-refractivity contribution in [1.82, 2.24) is 0 Å². The summed E-state index contributed by atoms with van der Waals surface area (Å²) in [6.45, 7) is 4.71. The zero-order chi connectivity index (χ0) is 74.6. The first-order valence-electron chi connectivity index (χ1n) is 40.1. The number of phosphoric ester groups is 2. The van der Waals surface area contributed by atoms with Crippen molar-refractivity contribution in [3.63, 3.8) is 0 Å². The molecule has 0 bridgehead atoms. The lowest BCUT2D eigenvalue weighted by Gasteiger charge is -2.21. The number of carbonyl (C=O) groups is 4. The third kappa shape index (κ3) is 74.0. The van der Waals surface area contributed by atoms with Crippen LogP contribution in [0.5, 0.6) is 0 Å². The Bertz CT molecular complexity index is 2360. The normalized spacial score (nSPS) is 14.5. The van der Waals surface area contributed by atoms with Crippen LogP contribution in [0.15, 0.2) is 109 Å². The van der Waals surface area contributed by atoms with Gasteiger partial charge in [0, 0.05) is 25.7 Å². The minimum atomic E-state index is -4.99. The van der Waals surface area contributed by atoms with E-state index in [1.807, 2.05) is 24.3 Å². The Morgan fingerprint density at radius 3 is 0.814 bits per heavy atom. The highest BCUT2D eigenvalue weighted by atomic mass is 31.2. The van der Waals surface area contributed by atoms with Gasteiger partial charge in [-0.3, -0.25) is 37.3 Å². The molecule has 0 aliphatic rings. The Balaban J connectivity index is 5.45. The average Bonchev–Trinajstić information content (AvgIpc) is 0.951. The van der Waals surface area contributed by atoms with Crippen LogP contribution < -0.4 is 0 Å². The van der Waals surface area contributed by atoms with Crippen molar-refractivity contribution in [3.05, 3.63) is 109 Å². The van der Waals surface area contributed by atoms with Gasteiger partial charge in [-0.1, -0.05) is 291 Å². The number of aliphatic hydroxyl groups is 1. The lowest BCUT2D eigenvalue weighted by molar-refractivity contribution is -0.161. The molecule has 0 rings (SSSR count). The maximum Gasteiger partial charge on any atom is 0.472 e. The molecule has 5 atom stereocenters. The molecule has 0 aromatic heterocycles. The summed E-state index contributed by atoms with van der Waals surface area (Å²) in [5, 5.41) is 10.6. The van der Waals surface area contributed by atoms with Crippen LogP contribution in [0.2, 0.25) is 0 Å². The van der Waals surface area contributed by atoms with Gasteiger partial charge in [0.05, 0.1) is 26.4 Å². The molecule has 102 heavy (non-hydrogen) atoms. The molecule has 2 unspecified atom stereocenters. The number of carbonyl (C=O) groups excluding carboxylic acids is 4. The second-order valence-corrected chi connectivity index (χ2v) is 29.6. The smallest absolute Gasteiger partial charge is 0.462 e. The number of allylic oxidation sites excluding steroid dienone is 18. The van der Waals surface area contributed by atoms with E-state index in [0.29, 0.717) is 38.5 Å². The highest BCUT2D eigenvalue weighted by Gasteiger charge is 2.30. The number of hydrogen-bond acceptors (Lipinski definition) is 15. The lowest BCUT2D eigenvalue weighted by atomic mass is 10.0. The molecule has 588 valence electrons. The number of esters is 4. The molecule has 0 radical (unpaired) electrons. The highest BCUT2D eigenvalue weighted by Crippen LogP contribution is 2.45. The molecule has 0 saturated heterocycles. The minimum absolute atomic E-state index is 0.0189. The van der Waals surface area contributed by atoms with Gasteiger partial charge in [-0.05, 0) is 128 Å². The summed E-state index contributed by atoms with van der Waals surface area (Å²) in [6, 6.07) is 0. The summed E-state index contributed by atoms with van der Waals surface area (Å²) >= 11 is 0. The third-order valence-corrected chi connectivity index (χ3v) is 18.6. The zero-order valence-electron chi connectivity index (χ0n) is 64.3. The van der Waals surface area contributed by atoms with Crippen LogP contribution in [0.1, 0.15) is 336 Å². The minimum Gasteiger partial charge on any atom is -0.462 e. The third-order valence-electron chi connectivity index (χ3n) is 16.7. The monoisotopic (exact) mass is 1470 g/mol. The molecule has 3 N–H and O–H groups in total. The van der Waals surface area contributed by atoms with Gasteiger partial charge in [0.15, 0.2) is 12.2 Å². The molecule has 0 aliphatic heterocycles. The number of aliphatic hydroxyl groups excluding tert-OH is 1. The molecule has 0 amide bonds. The van der Waals surface area contributed by atoms with E-state index in [4.69, 9.17) is 37.0 Å². The second kappa shape index (κ2) is 75.0. The van der Waals surface area contributed by atoms with Gasteiger partial charge in [-0.25, -0.2) is 9.13 Å². The first-order valence-corrected chi connectivity index (χ1v) is 43.1. The van der Waals surface area contributed by atoms with Gasteiger partial charge in [0.1, 0.15) is 19.3 Å². The van der Waals surface area contributed by atoms with Gasteiger partial charge in [0.25, 0.3) is 0 Å². The Kier molecular flexibility index (Phi) is 71.8. The van der Waals surface area contributed by atoms with Gasteiger partial charge in [-0.15, -0.1) is 0 Å². The van der Waals surface area contributed by atoms with E-state index in [9.17, 15) is 43.2 Å². The Morgan fingerprint density at radius 1 is 0.275 bits per heavy atom. The summed E-state index contributed by atoms with van der Waals surface area (Å²) in [5.74, 6) is -2.30. The molecule has 0 aromatic rings. The molecule has 17 nitrogen and oxygen atoms in total. The van der Waals surface area contributed by atoms with Crippen molar-refractivity contribution in [1.29, 1.82) is 0 Å². The van der Waals surface area contributed by atoms with Gasteiger partial charge < -0.3 is 33.8 Å². The SMILES string of the molecule is CCCCC/C=C\C/C=C\C/C=C\C/C=C\CCCC(=O)OC[C@H](COP(=O)(O)OC[C@H](O)COP(=O)(O)OC[C@@H](COC(=O)CCCCCCCCCCCCCCC)OC(=O)CCC/C=C\C/C=C\C/C=C\C/C=C\CCCCC)OC(=O)CCCCCCC/C=C\CCCCCCCC. The number of hydrogen-bond donors (Lipinski definition) is 3. The standard InChI is InChI=1S/C83H144O17P2/c1-5-9-13-17-21-25-29-33-36-38-41-44-48-52-56-60-64-68-81(86)94-74-79(99-82(87)69-65-61-57-53-49-45-40-35-31-27-23-19-15-11-7-3)76-98-102(91,92)96-72-77(84)71-95-101(89,90)97-75-78(73-93-80(85)67-63-59-55-51-47-43-32-28-24-20-16-12-8-4)100-83(88)70-66-62-58-54-50-46-42-39-37-34-30-26-22-18-14-10-6-2/h21-22,25-26,33-37,40-42,44,46,52,54,56,58,77-79,84H,5-20,23-24,27-32,38-39,43,45,47-51,53,55,57,59-76H2,1-4H3,(H,89,90)(H,91,92)/b25-21-,26-22-,36-33-,37-34-,40-35-,44-41-,46-42-,56-52-,58-54-/t77-,78-,79-/m1/s1. The van der Waals surface area contributed by atoms with E-state index in [0.717, 1.165) is 109 Å². The maximum absolute atomic E-state index is 13.1. The predicted molar refractivity (Wildman–Crippen MR) is 418 cm³/mol. The van der Waals surface area contributed by atoms with E-state index in [-0.39, 0.29) is 25.7 Å². The molecule has 0 spiro atoms. The van der Waals surface area contributed by atoms with Crippen molar-refractivity contribution in [3.8, 4) is 0 Å². The van der Waals surface area contributed by atoms with Crippen LogP contribution in [0, 0.1) is 0 Å². The summed E-state index contributed by atoms with van der Waals surface area (Å²) in [6.07, 6.45) is 80.8. The zero-order valence-corrected chi connectivity index (χ0v) is 66.0. The predicted octanol–water partition coefficient (Wildman–Crippen LogP) is 23.3. The van der Waals surface area contributed by atoms with Crippen LogP contribution in [0.4, 0.5) is 0 Å². The number of ether oxygens (including phenoxy) is 4. The van der Waals surface area contributed by atoms with Crippen LogP contribution >= 0.6 is 15.6 Å². The Morgan fingerprint density at radius 2 is 0.490 bits per heavy atom. The molecule has 0 aromatic carbocycles. The first kappa shape index (κ1) is 97.7. The second-order valence-electron chi connectivity index (χ2n) is 26.7. The molecule has 19 heteroatoms. The van der Waals surface area contributed by atoms with Crippen LogP contribution in [0.3, 0.4) is 0 Å². The molecule has 0 aliphatic carbocycles. The lowest BCUT2D eigenvalue weighted by Crippen LogP contribution is -2.30. The largest absolute Gasteiger partial charge is 0.472 e. The highest BCUT2D eigenvalue weighted by molar-refractivity contribution is 7.47. The van der Waals surface area contributed by atoms with E-state index in [1.165, 1.54) is 135 Å². The summed E-state index contributed by atoms with van der Waals surface area (Å²) in [5.41, 5.74) is 0. The topological polar surface area (TPSA) is 237 Å². The van der Waals surface area contributed by atoms with E-state index >= 15 is 0 Å². The summed E-state index contributed by atoms with van der Waals surface area (Å²) in [7, 11) is -9.99. The first-order chi connectivity index (χ1) is 49.7. The van der Waals surface area contributed by atoms with Crippen molar-refractivity contribution >= 4 is 39.5 Å². The van der Waals surface area contributed by atoms with Crippen molar-refractivity contribution in [2.45, 2.75) is 354 Å². The Hall–Kier alpha value is -4.28. The van der Waals surface area contributed by atoms with E-state index in [1.54, 1.807) is 0 Å². The Labute approximate surface area is 619 Å². The molecular formula is C83H144O17P2. The van der Waals surface area contributed by atoms with Gasteiger partial charge in [-0.2, -0.15) is 0 Å². The van der Waals surface area contributed by atoms with Gasteiger partial charge in [0.2, 0.25) is 0 Å². The van der Waals surface area contributed by atoms with Crippen molar-refractivity contribution in [2.75, 3.05) is 39.6 Å². The number of unbranched alkanes of at least 4 members (excludes halogenated alkanes) is 31. The molecule has 0 heterocycles.